The number of benzene rings is 1. The Bertz CT molecular complexity index is 444. The number of nitrogens with zero attached hydrogens (tertiary/aromatic N) is 1. The van der Waals surface area contributed by atoms with Crippen molar-refractivity contribution in [1.29, 1.82) is 0 Å². The van der Waals surface area contributed by atoms with Gasteiger partial charge in [0.2, 0.25) is 0 Å². The highest BCUT2D eigenvalue weighted by atomic mass is 16.5. The molecule has 122 valence electrons. The zero-order valence-corrected chi connectivity index (χ0v) is 13.9. The Hall–Kier alpha value is -0.900. The van der Waals surface area contributed by atoms with Crippen LogP contribution in [0.3, 0.4) is 0 Å². The van der Waals surface area contributed by atoms with Gasteiger partial charge in [-0.05, 0) is 63.6 Å². The molecule has 1 unspecified atom stereocenters. The fraction of sp³-hybridized carbons (Fsp3) is 0.684. The average molecular weight is 302 g/mol. The maximum atomic E-state index is 6.42. The van der Waals surface area contributed by atoms with Crippen molar-refractivity contribution in [2.24, 2.45) is 5.92 Å². The van der Waals surface area contributed by atoms with Crippen LogP contribution in [0.2, 0.25) is 0 Å². The summed E-state index contributed by atoms with van der Waals surface area (Å²) in [5, 5.41) is 3.47. The van der Waals surface area contributed by atoms with E-state index in [1.54, 1.807) is 0 Å². The van der Waals surface area contributed by atoms with Gasteiger partial charge in [0, 0.05) is 13.1 Å². The molecule has 3 nitrogen and oxygen atoms in total. The molecule has 2 aliphatic heterocycles. The Kier molecular flexibility index (Phi) is 5.51. The van der Waals surface area contributed by atoms with Crippen LogP contribution in [0.15, 0.2) is 30.3 Å². The molecule has 0 amide bonds. The van der Waals surface area contributed by atoms with Crippen LogP contribution < -0.4 is 5.32 Å². The highest BCUT2D eigenvalue weighted by Gasteiger charge is 2.36. The SMILES string of the molecule is CC1(OCc2ccccc2)CCCCN1CC1CCNCC1. The smallest absolute Gasteiger partial charge is 0.119 e. The Morgan fingerprint density at radius 1 is 1.18 bits per heavy atom. The van der Waals surface area contributed by atoms with Crippen LogP contribution in [-0.2, 0) is 11.3 Å². The molecule has 1 aromatic rings. The maximum absolute atomic E-state index is 6.42. The summed E-state index contributed by atoms with van der Waals surface area (Å²) >= 11 is 0. The number of hydrogen-bond acceptors (Lipinski definition) is 3. The van der Waals surface area contributed by atoms with E-state index >= 15 is 0 Å². The van der Waals surface area contributed by atoms with Crippen molar-refractivity contribution in [1.82, 2.24) is 10.2 Å². The van der Waals surface area contributed by atoms with Gasteiger partial charge in [0.05, 0.1) is 6.61 Å². The minimum atomic E-state index is -0.0844. The van der Waals surface area contributed by atoms with Gasteiger partial charge in [-0.25, -0.2) is 0 Å². The number of rotatable bonds is 5. The van der Waals surface area contributed by atoms with Crippen LogP contribution in [-0.4, -0.2) is 36.8 Å². The summed E-state index contributed by atoms with van der Waals surface area (Å²) in [4.78, 5) is 2.62. The van der Waals surface area contributed by atoms with E-state index in [0.29, 0.717) is 0 Å². The lowest BCUT2D eigenvalue weighted by Crippen LogP contribution is -2.53. The summed E-state index contributed by atoms with van der Waals surface area (Å²) < 4.78 is 6.42. The monoisotopic (exact) mass is 302 g/mol. The van der Waals surface area contributed by atoms with E-state index in [0.717, 1.165) is 18.9 Å². The van der Waals surface area contributed by atoms with E-state index in [1.807, 2.05) is 0 Å². The van der Waals surface area contributed by atoms with E-state index in [-0.39, 0.29) is 5.72 Å². The summed E-state index contributed by atoms with van der Waals surface area (Å²) in [5.74, 6) is 0.832. The van der Waals surface area contributed by atoms with Gasteiger partial charge in [0.1, 0.15) is 5.72 Å². The summed E-state index contributed by atoms with van der Waals surface area (Å²) in [7, 11) is 0. The lowest BCUT2D eigenvalue weighted by Gasteiger charge is -2.46. The van der Waals surface area contributed by atoms with Crippen LogP contribution in [0.4, 0.5) is 0 Å². The van der Waals surface area contributed by atoms with Gasteiger partial charge in [-0.1, -0.05) is 30.3 Å². The second-order valence-electron chi connectivity index (χ2n) is 7.05. The summed E-state index contributed by atoms with van der Waals surface area (Å²) in [6, 6.07) is 10.6. The van der Waals surface area contributed by atoms with Gasteiger partial charge in [-0.2, -0.15) is 0 Å². The third-order valence-corrected chi connectivity index (χ3v) is 5.32. The van der Waals surface area contributed by atoms with Crippen molar-refractivity contribution < 1.29 is 4.74 Å². The Morgan fingerprint density at radius 3 is 2.73 bits per heavy atom. The summed E-state index contributed by atoms with van der Waals surface area (Å²) in [6.45, 7) is 7.78. The third kappa shape index (κ3) is 4.09. The molecular formula is C19H30N2O. The number of likely N-dealkylation sites (tertiary alicyclic amines) is 1. The van der Waals surface area contributed by atoms with E-state index in [1.165, 1.54) is 57.4 Å². The van der Waals surface area contributed by atoms with Gasteiger partial charge in [0.15, 0.2) is 0 Å². The van der Waals surface area contributed by atoms with Crippen molar-refractivity contribution in [2.45, 2.75) is 51.4 Å². The van der Waals surface area contributed by atoms with Crippen LogP contribution >= 0.6 is 0 Å². The van der Waals surface area contributed by atoms with Gasteiger partial charge < -0.3 is 10.1 Å². The summed E-state index contributed by atoms with van der Waals surface area (Å²) in [6.07, 6.45) is 6.38. The van der Waals surface area contributed by atoms with E-state index in [4.69, 9.17) is 4.74 Å². The van der Waals surface area contributed by atoms with Gasteiger partial charge in [-0.3, -0.25) is 4.90 Å². The Labute approximate surface area is 135 Å². The number of piperidine rings is 2. The quantitative estimate of drug-likeness (QED) is 0.902. The van der Waals surface area contributed by atoms with Crippen LogP contribution in [0.5, 0.6) is 0 Å². The van der Waals surface area contributed by atoms with Crippen LogP contribution in [0, 0.1) is 5.92 Å². The molecule has 0 spiro atoms. The number of ether oxygens (including phenoxy) is 1. The minimum absolute atomic E-state index is 0.0844. The van der Waals surface area contributed by atoms with Crippen molar-refractivity contribution in [3.05, 3.63) is 35.9 Å². The topological polar surface area (TPSA) is 24.5 Å². The molecule has 3 rings (SSSR count). The summed E-state index contributed by atoms with van der Waals surface area (Å²) in [5.41, 5.74) is 1.19. The molecule has 0 radical (unpaired) electrons. The lowest BCUT2D eigenvalue weighted by molar-refractivity contribution is -0.175. The zero-order valence-electron chi connectivity index (χ0n) is 13.9. The second kappa shape index (κ2) is 7.58. The fourth-order valence-corrected chi connectivity index (χ4v) is 3.79. The molecule has 0 aliphatic carbocycles. The van der Waals surface area contributed by atoms with Gasteiger partial charge in [0.25, 0.3) is 0 Å². The first-order valence-corrected chi connectivity index (χ1v) is 8.90. The zero-order chi connectivity index (χ0) is 15.3. The first-order valence-electron chi connectivity index (χ1n) is 8.90. The molecule has 1 aromatic carbocycles. The predicted molar refractivity (Wildman–Crippen MR) is 90.7 cm³/mol. The molecule has 2 aliphatic rings. The molecule has 0 aromatic heterocycles. The predicted octanol–water partition coefficient (Wildman–Crippen LogP) is 3.40. The van der Waals surface area contributed by atoms with Gasteiger partial charge in [-0.15, -0.1) is 0 Å². The largest absolute Gasteiger partial charge is 0.356 e. The standard InChI is InChI=1S/C19H30N2O/c1-19(22-16-18-7-3-2-4-8-18)11-5-6-14-21(19)15-17-9-12-20-13-10-17/h2-4,7-8,17,20H,5-6,9-16H2,1H3. The molecule has 1 atom stereocenters. The average Bonchev–Trinajstić information content (AvgIpc) is 2.57. The van der Waals surface area contributed by atoms with Crippen LogP contribution in [0.1, 0.15) is 44.6 Å². The second-order valence-corrected chi connectivity index (χ2v) is 7.05. The van der Waals surface area contributed by atoms with E-state index in [2.05, 4.69) is 47.5 Å². The number of hydrogen-bond donors (Lipinski definition) is 1. The first-order chi connectivity index (χ1) is 10.8. The van der Waals surface area contributed by atoms with E-state index < -0.39 is 0 Å². The highest BCUT2D eigenvalue weighted by Crippen LogP contribution is 2.32. The van der Waals surface area contributed by atoms with Gasteiger partial charge >= 0.3 is 0 Å². The minimum Gasteiger partial charge on any atom is -0.356 e. The molecular weight excluding hydrogens is 272 g/mol. The fourth-order valence-electron chi connectivity index (χ4n) is 3.79. The van der Waals surface area contributed by atoms with Crippen molar-refractivity contribution in [2.75, 3.05) is 26.2 Å². The molecule has 2 saturated heterocycles. The molecule has 2 heterocycles. The molecule has 2 fully saturated rings. The molecule has 22 heavy (non-hydrogen) atoms. The van der Waals surface area contributed by atoms with E-state index in [9.17, 15) is 0 Å². The third-order valence-electron chi connectivity index (χ3n) is 5.32. The lowest BCUT2D eigenvalue weighted by atomic mass is 9.93. The van der Waals surface area contributed by atoms with Crippen molar-refractivity contribution in [3.8, 4) is 0 Å². The van der Waals surface area contributed by atoms with Crippen molar-refractivity contribution >= 4 is 0 Å². The number of nitrogens with one attached hydrogen (secondary N) is 1. The molecule has 1 N–H and O–H groups in total. The van der Waals surface area contributed by atoms with Crippen molar-refractivity contribution in [3.63, 3.8) is 0 Å². The molecule has 0 saturated carbocycles. The van der Waals surface area contributed by atoms with Crippen LogP contribution in [0.25, 0.3) is 0 Å². The highest BCUT2D eigenvalue weighted by molar-refractivity contribution is 5.13. The Morgan fingerprint density at radius 2 is 1.95 bits per heavy atom. The normalized spacial score (nSPS) is 27.9. The first kappa shape index (κ1) is 16.0. The Balaban J connectivity index is 1.59. The molecule has 3 heteroatoms. The molecule has 0 bridgehead atoms. The maximum Gasteiger partial charge on any atom is 0.119 e.